The highest BCUT2D eigenvalue weighted by Gasteiger charge is 2.72. The Morgan fingerprint density at radius 3 is 2.71 bits per heavy atom. The van der Waals surface area contributed by atoms with Crippen LogP contribution in [-0.2, 0) is 10.0 Å². The van der Waals surface area contributed by atoms with Crippen LogP contribution in [-0.4, -0.2) is 74.8 Å². The molecule has 2 bridgehead atoms. The number of piperazine rings is 1. The highest BCUT2D eigenvalue weighted by Crippen LogP contribution is 2.70. The van der Waals surface area contributed by atoms with Gasteiger partial charge in [0.15, 0.2) is 0 Å². The molecule has 0 aromatic carbocycles. The number of sulfonamides is 1. The average Bonchev–Trinajstić information content (AvgIpc) is 2.63. The van der Waals surface area contributed by atoms with Crippen molar-refractivity contribution in [2.24, 2.45) is 5.41 Å². The standard InChI is InChI=1S/C13H22N4O3S/c1-21(19,20)15-9-12-6-13(7-12,8-12)17-5-10-4-14-2-3-16(10)11(17)18/h10,14-15H,2-9H2,1H3/t10-,12?,13?/m0/s1. The van der Waals surface area contributed by atoms with Crippen LogP contribution in [0, 0.1) is 5.41 Å². The summed E-state index contributed by atoms with van der Waals surface area (Å²) in [5.41, 5.74) is 0.123. The second-order valence-electron chi connectivity index (χ2n) is 7.29. The Morgan fingerprint density at radius 1 is 1.38 bits per heavy atom. The molecule has 5 fully saturated rings. The number of hydrogen-bond acceptors (Lipinski definition) is 4. The van der Waals surface area contributed by atoms with Crippen molar-refractivity contribution in [2.45, 2.75) is 30.8 Å². The Labute approximate surface area is 125 Å². The first-order valence-corrected chi connectivity index (χ1v) is 9.45. The zero-order chi connectivity index (χ0) is 14.9. The fraction of sp³-hybridized carbons (Fsp3) is 0.923. The minimum absolute atomic E-state index is 0.0214. The molecule has 0 radical (unpaired) electrons. The maximum atomic E-state index is 12.5. The normalized spacial score (nSPS) is 41.6. The molecule has 2 amide bonds. The van der Waals surface area contributed by atoms with E-state index in [9.17, 15) is 13.2 Å². The van der Waals surface area contributed by atoms with Gasteiger partial charge in [0.2, 0.25) is 10.0 Å². The number of carbonyl (C=O) groups is 1. The molecule has 2 saturated heterocycles. The van der Waals surface area contributed by atoms with Crippen molar-refractivity contribution in [3.63, 3.8) is 0 Å². The highest BCUT2D eigenvalue weighted by molar-refractivity contribution is 7.88. The smallest absolute Gasteiger partial charge is 0.317 e. The monoisotopic (exact) mass is 314 g/mol. The van der Waals surface area contributed by atoms with E-state index in [1.54, 1.807) is 0 Å². The van der Waals surface area contributed by atoms with Crippen LogP contribution in [0.1, 0.15) is 19.3 Å². The molecule has 0 unspecified atom stereocenters. The summed E-state index contributed by atoms with van der Waals surface area (Å²) in [7, 11) is -3.12. The lowest BCUT2D eigenvalue weighted by atomic mass is 9.39. The lowest BCUT2D eigenvalue weighted by Crippen LogP contribution is -2.77. The van der Waals surface area contributed by atoms with Gasteiger partial charge in [0.25, 0.3) is 0 Å². The Balaban J connectivity index is 1.39. The molecule has 1 atom stereocenters. The van der Waals surface area contributed by atoms with Gasteiger partial charge in [0, 0.05) is 38.3 Å². The third kappa shape index (κ3) is 1.99. The number of fused-ring (bicyclic) bond motifs is 1. The Hall–Kier alpha value is -0.860. The summed E-state index contributed by atoms with van der Waals surface area (Å²) in [5.74, 6) is 0. The fourth-order valence-corrected chi connectivity index (χ4v) is 5.28. The van der Waals surface area contributed by atoms with Gasteiger partial charge in [-0.3, -0.25) is 0 Å². The summed E-state index contributed by atoms with van der Waals surface area (Å²) in [5, 5.41) is 3.34. The van der Waals surface area contributed by atoms with Crippen molar-refractivity contribution in [1.82, 2.24) is 19.8 Å². The highest BCUT2D eigenvalue weighted by atomic mass is 32.2. The third-order valence-electron chi connectivity index (χ3n) is 5.61. The van der Waals surface area contributed by atoms with Crippen molar-refractivity contribution in [3.8, 4) is 0 Å². The summed E-state index contributed by atoms with van der Waals surface area (Å²) >= 11 is 0. The topological polar surface area (TPSA) is 81.8 Å². The molecule has 118 valence electrons. The van der Waals surface area contributed by atoms with Crippen LogP contribution in [0.5, 0.6) is 0 Å². The molecule has 2 N–H and O–H groups in total. The summed E-state index contributed by atoms with van der Waals surface area (Å²) in [4.78, 5) is 16.6. The molecule has 0 aromatic heterocycles. The maximum absolute atomic E-state index is 12.5. The van der Waals surface area contributed by atoms with Gasteiger partial charge < -0.3 is 15.1 Å². The Morgan fingerprint density at radius 2 is 2.10 bits per heavy atom. The van der Waals surface area contributed by atoms with Gasteiger partial charge in [0.05, 0.1) is 12.3 Å². The van der Waals surface area contributed by atoms with Gasteiger partial charge >= 0.3 is 6.03 Å². The van der Waals surface area contributed by atoms with Crippen molar-refractivity contribution < 1.29 is 13.2 Å². The maximum Gasteiger partial charge on any atom is 0.320 e. The molecule has 21 heavy (non-hydrogen) atoms. The van der Waals surface area contributed by atoms with Gasteiger partial charge in [-0.1, -0.05) is 0 Å². The quantitative estimate of drug-likeness (QED) is 0.709. The number of urea groups is 1. The molecule has 7 nitrogen and oxygen atoms in total. The van der Waals surface area contributed by atoms with Gasteiger partial charge in [-0.2, -0.15) is 0 Å². The van der Waals surface area contributed by atoms with Crippen molar-refractivity contribution in [3.05, 3.63) is 0 Å². The zero-order valence-corrected chi connectivity index (χ0v) is 13.1. The van der Waals surface area contributed by atoms with E-state index >= 15 is 0 Å². The SMILES string of the molecule is CS(=O)(=O)NCC12CC(N3C[C@@H]4CNCCN4C3=O)(C1)C2. The van der Waals surface area contributed by atoms with Crippen molar-refractivity contribution in [1.29, 1.82) is 0 Å². The van der Waals surface area contributed by atoms with E-state index in [4.69, 9.17) is 0 Å². The molecule has 5 rings (SSSR count). The van der Waals surface area contributed by atoms with E-state index in [0.717, 1.165) is 45.4 Å². The van der Waals surface area contributed by atoms with Crippen molar-refractivity contribution in [2.75, 3.05) is 39.0 Å². The van der Waals surface area contributed by atoms with E-state index in [0.29, 0.717) is 12.6 Å². The van der Waals surface area contributed by atoms with Crippen LogP contribution in [0.2, 0.25) is 0 Å². The van der Waals surface area contributed by atoms with Gasteiger partial charge in [-0.25, -0.2) is 17.9 Å². The largest absolute Gasteiger partial charge is 0.320 e. The van der Waals surface area contributed by atoms with Gasteiger partial charge in [0.1, 0.15) is 0 Å². The zero-order valence-electron chi connectivity index (χ0n) is 12.3. The summed E-state index contributed by atoms with van der Waals surface area (Å²) in [6.07, 6.45) is 4.04. The van der Waals surface area contributed by atoms with Gasteiger partial charge in [-0.05, 0) is 24.7 Å². The second kappa shape index (κ2) is 4.11. The number of nitrogens with one attached hydrogen (secondary N) is 2. The molecule has 5 aliphatic rings. The van der Waals surface area contributed by atoms with Crippen LogP contribution in [0.3, 0.4) is 0 Å². The second-order valence-corrected chi connectivity index (χ2v) is 9.13. The Kier molecular flexibility index (Phi) is 2.70. The van der Waals surface area contributed by atoms with Crippen LogP contribution in [0.25, 0.3) is 0 Å². The Bertz CT molecular complexity index is 570. The first-order chi connectivity index (χ1) is 9.83. The van der Waals surface area contributed by atoms with Crippen LogP contribution in [0.4, 0.5) is 4.79 Å². The van der Waals surface area contributed by atoms with E-state index < -0.39 is 10.0 Å². The molecule has 3 aliphatic carbocycles. The summed E-state index contributed by atoms with van der Waals surface area (Å²) in [6, 6.07) is 0.497. The number of nitrogens with zero attached hydrogens (tertiary/aromatic N) is 2. The molecule has 3 saturated carbocycles. The molecule has 2 heterocycles. The minimum atomic E-state index is -3.12. The lowest BCUT2D eigenvalue weighted by Gasteiger charge is -2.73. The predicted molar refractivity (Wildman–Crippen MR) is 77.3 cm³/mol. The molecular weight excluding hydrogens is 292 g/mol. The minimum Gasteiger partial charge on any atom is -0.317 e. The summed E-state index contributed by atoms with van der Waals surface area (Å²) in [6.45, 7) is 3.91. The first kappa shape index (κ1) is 13.8. The average molecular weight is 314 g/mol. The molecule has 8 heteroatoms. The molecule has 0 aromatic rings. The molecule has 2 aliphatic heterocycles. The van der Waals surface area contributed by atoms with Crippen LogP contribution >= 0.6 is 0 Å². The fourth-order valence-electron chi connectivity index (χ4n) is 4.71. The molecular formula is C13H22N4O3S. The third-order valence-corrected chi connectivity index (χ3v) is 6.28. The number of amides is 2. The first-order valence-electron chi connectivity index (χ1n) is 7.56. The van der Waals surface area contributed by atoms with Crippen LogP contribution < -0.4 is 10.0 Å². The van der Waals surface area contributed by atoms with E-state index in [1.165, 1.54) is 6.26 Å². The van der Waals surface area contributed by atoms with Crippen LogP contribution in [0.15, 0.2) is 0 Å². The van der Waals surface area contributed by atoms with Gasteiger partial charge in [-0.15, -0.1) is 0 Å². The van der Waals surface area contributed by atoms with E-state index in [-0.39, 0.29) is 17.0 Å². The lowest BCUT2D eigenvalue weighted by molar-refractivity contribution is -0.194. The van der Waals surface area contributed by atoms with E-state index in [2.05, 4.69) is 14.9 Å². The number of carbonyl (C=O) groups excluding carboxylic acids is 1. The summed E-state index contributed by atoms with van der Waals surface area (Å²) < 4.78 is 25.0. The predicted octanol–water partition coefficient (Wildman–Crippen LogP) is -0.832. The number of hydrogen-bond donors (Lipinski definition) is 2. The number of rotatable bonds is 4. The van der Waals surface area contributed by atoms with Crippen molar-refractivity contribution >= 4 is 16.1 Å². The molecule has 0 spiro atoms. The van der Waals surface area contributed by atoms with E-state index in [1.807, 2.05) is 4.90 Å².